The maximum Gasteiger partial charge on any atom is 0.251 e. The van der Waals surface area contributed by atoms with E-state index in [4.69, 9.17) is 4.74 Å². The summed E-state index contributed by atoms with van der Waals surface area (Å²) >= 11 is 0. The highest BCUT2D eigenvalue weighted by molar-refractivity contribution is 14.0. The van der Waals surface area contributed by atoms with E-state index >= 15 is 0 Å². The average molecular weight is 460 g/mol. The summed E-state index contributed by atoms with van der Waals surface area (Å²) < 4.78 is 5.82. The van der Waals surface area contributed by atoms with Gasteiger partial charge in [-0.05, 0) is 43.5 Å². The molecule has 3 unspecified atom stereocenters. The molecule has 25 heavy (non-hydrogen) atoms. The monoisotopic (exact) mass is 460 g/mol. The largest absolute Gasteiger partial charge is 0.508 e. The molecule has 0 spiro atoms. The zero-order valence-electron chi connectivity index (χ0n) is 14.2. The zero-order chi connectivity index (χ0) is 16.9. The Labute approximate surface area is 164 Å². The maximum absolute atomic E-state index is 12.0. The zero-order valence-corrected chi connectivity index (χ0v) is 16.5. The van der Waals surface area contributed by atoms with Crippen LogP contribution in [-0.4, -0.2) is 55.4 Å². The van der Waals surface area contributed by atoms with Gasteiger partial charge in [0.2, 0.25) is 0 Å². The summed E-state index contributed by atoms with van der Waals surface area (Å²) in [4.78, 5) is 16.2. The Morgan fingerprint density at radius 2 is 1.96 bits per heavy atom. The number of amides is 1. The molecular formula is C17H25IN4O3. The van der Waals surface area contributed by atoms with Crippen molar-refractivity contribution in [3.8, 4) is 5.75 Å². The molecule has 2 aliphatic heterocycles. The van der Waals surface area contributed by atoms with Crippen LogP contribution >= 0.6 is 24.0 Å². The summed E-state index contributed by atoms with van der Waals surface area (Å²) in [6, 6.07) is 6.50. The molecule has 3 atom stereocenters. The van der Waals surface area contributed by atoms with Gasteiger partial charge in [0.25, 0.3) is 5.91 Å². The number of benzene rings is 1. The van der Waals surface area contributed by atoms with Crippen LogP contribution in [0.1, 0.15) is 29.6 Å². The molecule has 2 heterocycles. The smallest absolute Gasteiger partial charge is 0.251 e. The molecule has 0 radical (unpaired) electrons. The first-order valence-corrected chi connectivity index (χ1v) is 8.35. The minimum absolute atomic E-state index is 0. The second-order valence-corrected chi connectivity index (χ2v) is 6.16. The molecule has 2 fully saturated rings. The predicted molar refractivity (Wildman–Crippen MR) is 107 cm³/mol. The van der Waals surface area contributed by atoms with E-state index in [9.17, 15) is 9.90 Å². The Hall–Kier alpha value is -1.55. The van der Waals surface area contributed by atoms with Gasteiger partial charge in [-0.25, -0.2) is 0 Å². The fraction of sp³-hybridized carbons (Fsp3) is 0.529. The van der Waals surface area contributed by atoms with Gasteiger partial charge >= 0.3 is 0 Å². The molecule has 0 aliphatic carbocycles. The van der Waals surface area contributed by atoms with Crippen LogP contribution in [0.2, 0.25) is 0 Å². The van der Waals surface area contributed by atoms with Crippen molar-refractivity contribution in [2.75, 3.05) is 20.1 Å². The number of rotatable bonds is 5. The number of fused-ring (bicyclic) bond motifs is 2. The van der Waals surface area contributed by atoms with E-state index < -0.39 is 0 Å². The van der Waals surface area contributed by atoms with Gasteiger partial charge in [0.05, 0.1) is 18.2 Å². The van der Waals surface area contributed by atoms with Gasteiger partial charge in [0, 0.05) is 25.7 Å². The molecule has 2 bridgehead atoms. The van der Waals surface area contributed by atoms with Gasteiger partial charge in [-0.2, -0.15) is 0 Å². The third kappa shape index (κ3) is 5.21. The minimum Gasteiger partial charge on any atom is -0.508 e. The van der Waals surface area contributed by atoms with Gasteiger partial charge in [0.15, 0.2) is 5.96 Å². The topological polar surface area (TPSA) is 95.0 Å². The van der Waals surface area contributed by atoms with Crippen molar-refractivity contribution in [3.63, 3.8) is 0 Å². The first-order valence-electron chi connectivity index (χ1n) is 8.35. The van der Waals surface area contributed by atoms with Gasteiger partial charge in [-0.3, -0.25) is 9.79 Å². The number of ether oxygens (including phenoxy) is 1. The van der Waals surface area contributed by atoms with E-state index in [1.807, 2.05) is 0 Å². The number of nitrogens with zero attached hydrogens (tertiary/aromatic N) is 1. The van der Waals surface area contributed by atoms with Crippen LogP contribution in [0.25, 0.3) is 0 Å². The molecule has 1 amide bonds. The van der Waals surface area contributed by atoms with E-state index in [0.29, 0.717) is 36.9 Å². The van der Waals surface area contributed by atoms with Crippen molar-refractivity contribution < 1.29 is 14.6 Å². The van der Waals surface area contributed by atoms with Crippen molar-refractivity contribution in [2.45, 2.75) is 37.5 Å². The molecule has 2 aliphatic rings. The SMILES string of the molecule is CN=C(NCCNC(=O)c1ccc(O)cc1)NC1CC2CCC1O2.I. The second kappa shape index (κ2) is 9.23. The molecule has 0 saturated carbocycles. The van der Waals surface area contributed by atoms with Crippen molar-refractivity contribution in [1.29, 1.82) is 0 Å². The molecule has 8 heteroatoms. The second-order valence-electron chi connectivity index (χ2n) is 6.16. The summed E-state index contributed by atoms with van der Waals surface area (Å²) in [6.07, 6.45) is 4.00. The summed E-state index contributed by atoms with van der Waals surface area (Å²) in [7, 11) is 1.73. The third-order valence-corrected chi connectivity index (χ3v) is 4.48. The molecule has 2 saturated heterocycles. The Kier molecular flexibility index (Phi) is 7.30. The lowest BCUT2D eigenvalue weighted by molar-refractivity contribution is 0.0954. The Morgan fingerprint density at radius 1 is 1.24 bits per heavy atom. The van der Waals surface area contributed by atoms with Gasteiger partial charge in [0.1, 0.15) is 5.75 Å². The van der Waals surface area contributed by atoms with Crippen molar-refractivity contribution in [3.05, 3.63) is 29.8 Å². The van der Waals surface area contributed by atoms with Gasteiger partial charge in [-0.15, -0.1) is 24.0 Å². The van der Waals surface area contributed by atoms with Crippen LogP contribution in [0.15, 0.2) is 29.3 Å². The average Bonchev–Trinajstić information content (AvgIpc) is 3.21. The molecule has 1 aromatic carbocycles. The summed E-state index contributed by atoms with van der Waals surface area (Å²) in [5.41, 5.74) is 0.523. The number of aliphatic imine (C=N–C) groups is 1. The maximum atomic E-state index is 12.0. The van der Waals surface area contributed by atoms with E-state index in [1.54, 1.807) is 19.2 Å². The van der Waals surface area contributed by atoms with Crippen LogP contribution in [0.3, 0.4) is 0 Å². The van der Waals surface area contributed by atoms with Gasteiger partial charge in [-0.1, -0.05) is 0 Å². The quantitative estimate of drug-likeness (QED) is 0.230. The number of hydrogen-bond acceptors (Lipinski definition) is 4. The Balaban J connectivity index is 0.00000225. The van der Waals surface area contributed by atoms with Crippen molar-refractivity contribution in [2.24, 2.45) is 4.99 Å². The summed E-state index contributed by atoms with van der Waals surface area (Å²) in [6.45, 7) is 1.05. The molecule has 3 rings (SSSR count). The van der Waals surface area contributed by atoms with Gasteiger partial charge < -0.3 is 25.8 Å². The fourth-order valence-corrected chi connectivity index (χ4v) is 3.23. The highest BCUT2D eigenvalue weighted by atomic mass is 127. The Morgan fingerprint density at radius 3 is 2.56 bits per heavy atom. The van der Waals surface area contributed by atoms with Crippen LogP contribution in [0.5, 0.6) is 5.75 Å². The fourth-order valence-electron chi connectivity index (χ4n) is 3.23. The number of carbonyl (C=O) groups excluding carboxylic acids is 1. The highest BCUT2D eigenvalue weighted by Crippen LogP contribution is 2.34. The normalized spacial score (nSPS) is 24.5. The number of halogens is 1. The third-order valence-electron chi connectivity index (χ3n) is 4.48. The standard InChI is InChI=1S/C17H24N4O3.HI/c1-18-17(21-14-10-13-6-7-15(14)24-13)20-9-8-19-16(23)11-2-4-12(22)5-3-11;/h2-5,13-15,22H,6-10H2,1H3,(H,19,23)(H2,18,20,21);1H. The molecule has 7 nitrogen and oxygen atoms in total. The predicted octanol–water partition coefficient (Wildman–Crippen LogP) is 1.22. The van der Waals surface area contributed by atoms with Crippen molar-refractivity contribution in [1.82, 2.24) is 16.0 Å². The number of guanidine groups is 1. The van der Waals surface area contributed by atoms with Crippen LogP contribution in [0.4, 0.5) is 0 Å². The lowest BCUT2D eigenvalue weighted by Crippen LogP contribution is -2.48. The molecule has 0 aromatic heterocycles. The van der Waals surface area contributed by atoms with Crippen LogP contribution < -0.4 is 16.0 Å². The molecule has 1 aromatic rings. The van der Waals surface area contributed by atoms with Crippen LogP contribution in [-0.2, 0) is 4.74 Å². The summed E-state index contributed by atoms with van der Waals surface area (Å²) in [5.74, 6) is 0.712. The molecular weight excluding hydrogens is 435 g/mol. The number of phenols is 1. The Bertz CT molecular complexity index is 608. The molecule has 4 N–H and O–H groups in total. The van der Waals surface area contributed by atoms with Crippen molar-refractivity contribution >= 4 is 35.8 Å². The summed E-state index contributed by atoms with van der Waals surface area (Å²) in [5, 5.41) is 18.7. The number of carbonyl (C=O) groups is 1. The van der Waals surface area contributed by atoms with E-state index in [-0.39, 0.29) is 35.6 Å². The number of nitrogens with one attached hydrogen (secondary N) is 3. The number of phenolic OH excluding ortho intramolecular Hbond substituents is 1. The van der Waals surface area contributed by atoms with E-state index in [1.165, 1.54) is 12.1 Å². The van der Waals surface area contributed by atoms with E-state index in [0.717, 1.165) is 25.2 Å². The lowest BCUT2D eigenvalue weighted by Gasteiger charge is -2.22. The lowest BCUT2D eigenvalue weighted by atomic mass is 9.96. The number of hydrogen-bond donors (Lipinski definition) is 4. The van der Waals surface area contributed by atoms with Crippen LogP contribution in [0, 0.1) is 0 Å². The number of aromatic hydroxyl groups is 1. The first kappa shape index (κ1) is 19.8. The molecule has 138 valence electrons. The first-order chi connectivity index (χ1) is 11.7. The minimum atomic E-state index is -0.166. The van der Waals surface area contributed by atoms with E-state index in [2.05, 4.69) is 20.9 Å². The highest BCUT2D eigenvalue weighted by Gasteiger charge is 2.41.